The van der Waals surface area contributed by atoms with Crippen LogP contribution in [0.15, 0.2) is 24.3 Å². The van der Waals surface area contributed by atoms with Gasteiger partial charge in [-0.2, -0.15) is 8.78 Å². The average molecular weight is 273 g/mol. The van der Waals surface area contributed by atoms with Crippen molar-refractivity contribution in [2.45, 2.75) is 32.9 Å². The first-order chi connectivity index (χ1) is 9.17. The van der Waals surface area contributed by atoms with Crippen LogP contribution in [-0.2, 0) is 4.74 Å². The summed E-state index contributed by atoms with van der Waals surface area (Å²) < 4.78 is 34.3. The molecule has 3 nitrogen and oxygen atoms in total. The molecule has 1 aromatic carbocycles. The number of ether oxygens (including phenoxy) is 2. The Bertz CT molecular complexity index is 361. The predicted octanol–water partition coefficient (Wildman–Crippen LogP) is 3.37. The van der Waals surface area contributed by atoms with E-state index in [1.807, 2.05) is 19.9 Å². The minimum Gasteiger partial charge on any atom is -0.435 e. The highest BCUT2D eigenvalue weighted by molar-refractivity contribution is 5.30. The van der Waals surface area contributed by atoms with Crippen LogP contribution in [0.25, 0.3) is 0 Å². The van der Waals surface area contributed by atoms with Gasteiger partial charge in [0.05, 0.1) is 12.6 Å². The maximum atomic E-state index is 12.2. The van der Waals surface area contributed by atoms with Crippen molar-refractivity contribution >= 4 is 0 Å². The van der Waals surface area contributed by atoms with Crippen molar-refractivity contribution in [1.82, 2.24) is 5.32 Å². The summed E-state index contributed by atoms with van der Waals surface area (Å²) in [6.45, 7) is 3.21. The van der Waals surface area contributed by atoms with Crippen molar-refractivity contribution in [3.8, 4) is 5.75 Å². The van der Waals surface area contributed by atoms with Gasteiger partial charge in [0.2, 0.25) is 0 Å². The number of nitrogens with one attached hydrogen (secondary N) is 1. The molecule has 0 radical (unpaired) electrons. The molecule has 5 heteroatoms. The van der Waals surface area contributed by atoms with Crippen molar-refractivity contribution < 1.29 is 18.3 Å². The van der Waals surface area contributed by atoms with E-state index in [1.165, 1.54) is 6.07 Å². The third-order valence-corrected chi connectivity index (χ3v) is 2.57. The molecule has 108 valence electrons. The molecule has 0 amide bonds. The van der Waals surface area contributed by atoms with Gasteiger partial charge in [0.1, 0.15) is 5.75 Å². The fraction of sp³-hybridized carbons (Fsp3) is 0.571. The number of halogens is 2. The van der Waals surface area contributed by atoms with E-state index in [0.717, 1.165) is 18.5 Å². The molecule has 1 rings (SSSR count). The molecule has 1 atom stereocenters. The molecule has 1 aromatic rings. The van der Waals surface area contributed by atoms with Crippen molar-refractivity contribution in [2.75, 3.05) is 19.8 Å². The van der Waals surface area contributed by atoms with Crippen molar-refractivity contribution in [3.05, 3.63) is 29.8 Å². The maximum absolute atomic E-state index is 12.2. The lowest BCUT2D eigenvalue weighted by Crippen LogP contribution is -2.25. The molecule has 0 spiro atoms. The summed E-state index contributed by atoms with van der Waals surface area (Å²) in [4.78, 5) is 0. The Hall–Kier alpha value is -1.20. The highest BCUT2D eigenvalue weighted by Gasteiger charge is 2.12. The molecule has 0 bridgehead atoms. The first-order valence-corrected chi connectivity index (χ1v) is 6.53. The van der Waals surface area contributed by atoms with Gasteiger partial charge >= 0.3 is 6.61 Å². The number of hydrogen-bond acceptors (Lipinski definition) is 3. The molecule has 19 heavy (non-hydrogen) atoms. The van der Waals surface area contributed by atoms with E-state index >= 15 is 0 Å². The third-order valence-electron chi connectivity index (χ3n) is 2.57. The molecule has 1 unspecified atom stereocenters. The second-order valence-corrected chi connectivity index (χ2v) is 4.14. The lowest BCUT2D eigenvalue weighted by molar-refractivity contribution is -0.0499. The fourth-order valence-corrected chi connectivity index (χ4v) is 1.77. The van der Waals surface area contributed by atoms with Gasteiger partial charge in [0, 0.05) is 6.61 Å². The van der Waals surface area contributed by atoms with Gasteiger partial charge in [-0.15, -0.1) is 0 Å². The summed E-state index contributed by atoms with van der Waals surface area (Å²) in [6.07, 6.45) is 0.952. The van der Waals surface area contributed by atoms with Crippen molar-refractivity contribution in [1.29, 1.82) is 0 Å². The summed E-state index contributed by atoms with van der Waals surface area (Å²) in [5, 5.41) is 3.27. The Balaban J connectivity index is 2.71. The molecule has 0 aliphatic carbocycles. The Morgan fingerprint density at radius 1 is 1.26 bits per heavy atom. The van der Waals surface area contributed by atoms with Gasteiger partial charge in [0.25, 0.3) is 0 Å². The molecule has 1 N–H and O–H groups in total. The Morgan fingerprint density at radius 3 is 2.68 bits per heavy atom. The third kappa shape index (κ3) is 5.98. The van der Waals surface area contributed by atoms with Crippen LogP contribution in [0, 0.1) is 0 Å². The second kappa shape index (κ2) is 8.82. The molecule has 0 aliphatic heterocycles. The first kappa shape index (κ1) is 15.9. The van der Waals surface area contributed by atoms with Gasteiger partial charge in [-0.3, -0.25) is 0 Å². The zero-order chi connectivity index (χ0) is 14.1. The minimum absolute atomic E-state index is 0.0160. The van der Waals surface area contributed by atoms with Crippen molar-refractivity contribution in [3.63, 3.8) is 0 Å². The van der Waals surface area contributed by atoms with Crippen LogP contribution in [0.5, 0.6) is 5.75 Å². The van der Waals surface area contributed by atoms with E-state index in [0.29, 0.717) is 13.2 Å². The summed E-state index contributed by atoms with van der Waals surface area (Å²) in [5.74, 6) is 0.172. The van der Waals surface area contributed by atoms with E-state index < -0.39 is 6.61 Å². The van der Waals surface area contributed by atoms with E-state index in [2.05, 4.69) is 10.1 Å². The first-order valence-electron chi connectivity index (χ1n) is 6.53. The second-order valence-electron chi connectivity index (χ2n) is 4.14. The van der Waals surface area contributed by atoms with Gasteiger partial charge in [0.15, 0.2) is 0 Å². The summed E-state index contributed by atoms with van der Waals surface area (Å²) in [6, 6.07) is 6.70. The van der Waals surface area contributed by atoms with E-state index in [-0.39, 0.29) is 11.8 Å². The summed E-state index contributed by atoms with van der Waals surface area (Å²) >= 11 is 0. The minimum atomic E-state index is -2.80. The summed E-state index contributed by atoms with van der Waals surface area (Å²) in [5.41, 5.74) is 0.885. The van der Waals surface area contributed by atoms with E-state index in [9.17, 15) is 8.78 Å². The molecular formula is C14H21F2NO2. The Morgan fingerprint density at radius 2 is 2.05 bits per heavy atom. The largest absolute Gasteiger partial charge is 0.435 e. The van der Waals surface area contributed by atoms with Crippen LogP contribution in [0.3, 0.4) is 0 Å². The number of benzene rings is 1. The van der Waals surface area contributed by atoms with Gasteiger partial charge in [-0.25, -0.2) is 0 Å². The molecule has 0 aromatic heterocycles. The van der Waals surface area contributed by atoms with Crippen LogP contribution in [0.4, 0.5) is 8.78 Å². The molecule has 0 saturated heterocycles. The smallest absolute Gasteiger partial charge is 0.387 e. The summed E-state index contributed by atoms with van der Waals surface area (Å²) in [7, 11) is 0. The van der Waals surface area contributed by atoms with Crippen LogP contribution in [0.1, 0.15) is 31.9 Å². The SMILES string of the molecule is CCCOCC(NCC)c1cccc(OC(F)F)c1. The molecule has 0 heterocycles. The maximum Gasteiger partial charge on any atom is 0.387 e. The molecule has 0 saturated carbocycles. The zero-order valence-electron chi connectivity index (χ0n) is 11.4. The highest BCUT2D eigenvalue weighted by Crippen LogP contribution is 2.21. The number of alkyl halides is 2. The lowest BCUT2D eigenvalue weighted by atomic mass is 10.1. The Labute approximate surface area is 112 Å². The Kier molecular flexibility index (Phi) is 7.36. The van der Waals surface area contributed by atoms with E-state index in [4.69, 9.17) is 4.74 Å². The monoisotopic (exact) mass is 273 g/mol. The van der Waals surface area contributed by atoms with Gasteiger partial charge in [-0.1, -0.05) is 26.0 Å². The topological polar surface area (TPSA) is 30.5 Å². The van der Waals surface area contributed by atoms with Crippen LogP contribution < -0.4 is 10.1 Å². The van der Waals surface area contributed by atoms with Crippen LogP contribution >= 0.6 is 0 Å². The van der Waals surface area contributed by atoms with Crippen molar-refractivity contribution in [2.24, 2.45) is 0 Å². The predicted molar refractivity (Wildman–Crippen MR) is 70.6 cm³/mol. The standard InChI is InChI=1S/C14H21F2NO2/c1-3-8-18-10-13(17-4-2)11-6-5-7-12(9-11)19-14(15)16/h5-7,9,13-14,17H,3-4,8,10H2,1-2H3. The number of hydrogen-bond donors (Lipinski definition) is 1. The lowest BCUT2D eigenvalue weighted by Gasteiger charge is -2.19. The fourth-order valence-electron chi connectivity index (χ4n) is 1.77. The quantitative estimate of drug-likeness (QED) is 0.700. The normalized spacial score (nSPS) is 12.7. The number of likely N-dealkylation sites (N-methyl/N-ethyl adjacent to an activating group) is 1. The average Bonchev–Trinajstić information content (AvgIpc) is 2.37. The van der Waals surface area contributed by atoms with Crippen LogP contribution in [-0.4, -0.2) is 26.4 Å². The number of rotatable bonds is 9. The molecular weight excluding hydrogens is 252 g/mol. The van der Waals surface area contributed by atoms with Gasteiger partial charge in [-0.05, 0) is 30.7 Å². The zero-order valence-corrected chi connectivity index (χ0v) is 11.4. The van der Waals surface area contributed by atoms with Gasteiger partial charge < -0.3 is 14.8 Å². The van der Waals surface area contributed by atoms with Crippen LogP contribution in [0.2, 0.25) is 0 Å². The highest BCUT2D eigenvalue weighted by atomic mass is 19.3. The molecule has 0 aliphatic rings. The van der Waals surface area contributed by atoms with E-state index in [1.54, 1.807) is 12.1 Å². The molecule has 0 fully saturated rings.